The van der Waals surface area contributed by atoms with Crippen molar-refractivity contribution < 1.29 is 19.0 Å². The zero-order valence-electron chi connectivity index (χ0n) is 15.1. The van der Waals surface area contributed by atoms with Gasteiger partial charge in [0.25, 0.3) is 5.91 Å². The standard InChI is InChI=1S/C18H28N2O4/c1-5-22-9-10-23-16-13(3)11-15(12-19-16)20-17(21)18(4,24-6-2)14-7-8-14/h11-12,14H,5-10H2,1-4H3,(H,20,21)/t18-/m0/s1. The van der Waals surface area contributed by atoms with Crippen LogP contribution >= 0.6 is 0 Å². The Hall–Kier alpha value is -1.66. The quantitative estimate of drug-likeness (QED) is 0.665. The lowest BCUT2D eigenvalue weighted by molar-refractivity contribution is -0.141. The van der Waals surface area contributed by atoms with Crippen LogP contribution in [0.4, 0.5) is 5.69 Å². The summed E-state index contributed by atoms with van der Waals surface area (Å²) in [6.07, 6.45) is 3.68. The van der Waals surface area contributed by atoms with Crippen LogP contribution in [0.5, 0.6) is 5.88 Å². The summed E-state index contributed by atoms with van der Waals surface area (Å²) in [4.78, 5) is 16.9. The molecule has 1 heterocycles. The number of pyridine rings is 1. The minimum Gasteiger partial charge on any atom is -0.475 e. The molecular weight excluding hydrogens is 308 g/mol. The maximum absolute atomic E-state index is 12.6. The third kappa shape index (κ3) is 4.68. The zero-order chi connectivity index (χ0) is 17.6. The highest BCUT2D eigenvalue weighted by Gasteiger charge is 2.48. The summed E-state index contributed by atoms with van der Waals surface area (Å²) in [7, 11) is 0. The molecule has 0 saturated heterocycles. The van der Waals surface area contributed by atoms with Gasteiger partial charge < -0.3 is 19.5 Å². The van der Waals surface area contributed by atoms with Crippen molar-refractivity contribution in [2.45, 2.75) is 46.1 Å². The third-order valence-electron chi connectivity index (χ3n) is 4.21. The SMILES string of the molecule is CCOCCOc1ncc(NC(=O)[C@@](C)(OCC)C2CC2)cc1C. The van der Waals surface area contributed by atoms with E-state index in [1.807, 2.05) is 33.8 Å². The van der Waals surface area contributed by atoms with Gasteiger partial charge in [-0.3, -0.25) is 4.79 Å². The lowest BCUT2D eigenvalue weighted by Crippen LogP contribution is -2.44. The molecule has 1 N–H and O–H groups in total. The van der Waals surface area contributed by atoms with Crippen molar-refractivity contribution in [2.24, 2.45) is 5.92 Å². The minimum absolute atomic E-state index is 0.113. The van der Waals surface area contributed by atoms with E-state index < -0.39 is 5.60 Å². The van der Waals surface area contributed by atoms with Crippen molar-refractivity contribution >= 4 is 11.6 Å². The van der Waals surface area contributed by atoms with E-state index in [0.717, 1.165) is 18.4 Å². The Morgan fingerprint density at radius 1 is 1.33 bits per heavy atom. The van der Waals surface area contributed by atoms with Crippen molar-refractivity contribution in [3.8, 4) is 5.88 Å². The Balaban J connectivity index is 1.97. The first-order chi connectivity index (χ1) is 11.5. The average Bonchev–Trinajstić information content (AvgIpc) is 3.38. The molecule has 24 heavy (non-hydrogen) atoms. The summed E-state index contributed by atoms with van der Waals surface area (Å²) in [5.74, 6) is 0.744. The number of carbonyl (C=O) groups is 1. The van der Waals surface area contributed by atoms with Crippen LogP contribution in [0.25, 0.3) is 0 Å². The monoisotopic (exact) mass is 336 g/mol. The highest BCUT2D eigenvalue weighted by atomic mass is 16.5. The molecule has 0 spiro atoms. The van der Waals surface area contributed by atoms with Crippen LogP contribution in [0.1, 0.15) is 39.2 Å². The van der Waals surface area contributed by atoms with Crippen molar-refractivity contribution in [1.29, 1.82) is 0 Å². The maximum Gasteiger partial charge on any atom is 0.256 e. The molecule has 1 amide bonds. The first kappa shape index (κ1) is 18.7. The lowest BCUT2D eigenvalue weighted by atomic mass is 9.99. The first-order valence-corrected chi connectivity index (χ1v) is 8.63. The Morgan fingerprint density at radius 2 is 2.08 bits per heavy atom. The highest BCUT2D eigenvalue weighted by molar-refractivity contribution is 5.97. The van der Waals surface area contributed by atoms with Crippen molar-refractivity contribution in [2.75, 3.05) is 31.7 Å². The van der Waals surface area contributed by atoms with E-state index in [4.69, 9.17) is 14.2 Å². The molecule has 0 aromatic carbocycles. The molecule has 1 saturated carbocycles. The molecule has 0 radical (unpaired) electrons. The van der Waals surface area contributed by atoms with Gasteiger partial charge in [0.05, 0.1) is 18.5 Å². The molecule has 134 valence electrons. The summed E-state index contributed by atoms with van der Waals surface area (Å²) < 4.78 is 16.6. The number of carbonyl (C=O) groups excluding carboxylic acids is 1. The molecular formula is C18H28N2O4. The van der Waals surface area contributed by atoms with Crippen molar-refractivity contribution in [1.82, 2.24) is 4.98 Å². The van der Waals surface area contributed by atoms with E-state index in [2.05, 4.69) is 10.3 Å². The number of hydrogen-bond donors (Lipinski definition) is 1. The second-order valence-electron chi connectivity index (χ2n) is 6.16. The van der Waals surface area contributed by atoms with Crippen LogP contribution < -0.4 is 10.1 Å². The molecule has 1 fully saturated rings. The van der Waals surface area contributed by atoms with Gasteiger partial charge in [0.2, 0.25) is 5.88 Å². The molecule has 1 aliphatic rings. The third-order valence-corrected chi connectivity index (χ3v) is 4.21. The number of aromatic nitrogens is 1. The summed E-state index contributed by atoms with van der Waals surface area (Å²) in [6, 6.07) is 1.86. The molecule has 2 rings (SSSR count). The second-order valence-corrected chi connectivity index (χ2v) is 6.16. The van der Waals surface area contributed by atoms with Crippen LogP contribution in [0.2, 0.25) is 0 Å². The van der Waals surface area contributed by atoms with Gasteiger partial charge in [0.15, 0.2) is 0 Å². The number of hydrogen-bond acceptors (Lipinski definition) is 5. The van der Waals surface area contributed by atoms with Gasteiger partial charge in [-0.1, -0.05) is 0 Å². The highest BCUT2D eigenvalue weighted by Crippen LogP contribution is 2.42. The predicted molar refractivity (Wildman–Crippen MR) is 92.3 cm³/mol. The Labute approximate surface area is 143 Å². The average molecular weight is 336 g/mol. The smallest absolute Gasteiger partial charge is 0.256 e. The van der Waals surface area contributed by atoms with Gasteiger partial charge in [-0.25, -0.2) is 4.98 Å². The van der Waals surface area contributed by atoms with Crippen LogP contribution in [-0.2, 0) is 14.3 Å². The first-order valence-electron chi connectivity index (χ1n) is 8.63. The fourth-order valence-electron chi connectivity index (χ4n) is 2.68. The van der Waals surface area contributed by atoms with Gasteiger partial charge in [-0.2, -0.15) is 0 Å². The van der Waals surface area contributed by atoms with Crippen LogP contribution in [0, 0.1) is 12.8 Å². The minimum atomic E-state index is -0.769. The normalized spacial score (nSPS) is 16.5. The van der Waals surface area contributed by atoms with E-state index in [-0.39, 0.29) is 5.91 Å². The van der Waals surface area contributed by atoms with Gasteiger partial charge in [-0.15, -0.1) is 0 Å². The number of rotatable bonds is 10. The molecule has 1 aromatic heterocycles. The van der Waals surface area contributed by atoms with Crippen LogP contribution in [0.3, 0.4) is 0 Å². The van der Waals surface area contributed by atoms with E-state index in [1.54, 1.807) is 6.20 Å². The molecule has 6 nitrogen and oxygen atoms in total. The van der Waals surface area contributed by atoms with Gasteiger partial charge in [0, 0.05) is 18.8 Å². The predicted octanol–water partition coefficient (Wildman–Crippen LogP) is 2.95. The Kier molecular flexibility index (Phi) is 6.57. The number of aryl methyl sites for hydroxylation is 1. The number of amides is 1. The molecule has 1 aromatic rings. The lowest BCUT2D eigenvalue weighted by Gasteiger charge is -2.28. The van der Waals surface area contributed by atoms with E-state index in [9.17, 15) is 4.79 Å². The van der Waals surface area contributed by atoms with E-state index in [0.29, 0.717) is 43.9 Å². The number of ether oxygens (including phenoxy) is 3. The molecule has 1 aliphatic carbocycles. The van der Waals surface area contributed by atoms with Gasteiger partial charge >= 0.3 is 0 Å². The van der Waals surface area contributed by atoms with Crippen molar-refractivity contribution in [3.63, 3.8) is 0 Å². The number of nitrogens with zero attached hydrogens (tertiary/aromatic N) is 1. The largest absolute Gasteiger partial charge is 0.475 e. The van der Waals surface area contributed by atoms with Crippen LogP contribution in [0.15, 0.2) is 12.3 Å². The summed E-state index contributed by atoms with van der Waals surface area (Å²) in [5.41, 5.74) is 0.755. The summed E-state index contributed by atoms with van der Waals surface area (Å²) >= 11 is 0. The Bertz CT molecular complexity index is 560. The molecule has 0 aliphatic heterocycles. The molecule has 0 bridgehead atoms. The van der Waals surface area contributed by atoms with Crippen LogP contribution in [-0.4, -0.2) is 42.9 Å². The molecule has 6 heteroatoms. The van der Waals surface area contributed by atoms with Crippen molar-refractivity contribution in [3.05, 3.63) is 17.8 Å². The second kappa shape index (κ2) is 8.44. The van der Waals surface area contributed by atoms with E-state index >= 15 is 0 Å². The Morgan fingerprint density at radius 3 is 2.67 bits per heavy atom. The zero-order valence-corrected chi connectivity index (χ0v) is 15.1. The van der Waals surface area contributed by atoms with E-state index in [1.165, 1.54) is 0 Å². The summed E-state index contributed by atoms with van der Waals surface area (Å²) in [5, 5.41) is 2.93. The molecule has 1 atom stereocenters. The molecule has 0 unspecified atom stereocenters. The number of nitrogens with one attached hydrogen (secondary N) is 1. The maximum atomic E-state index is 12.6. The fourth-order valence-corrected chi connectivity index (χ4v) is 2.68. The van der Waals surface area contributed by atoms with Gasteiger partial charge in [-0.05, 0) is 52.5 Å². The summed E-state index contributed by atoms with van der Waals surface area (Å²) in [6.45, 7) is 9.80. The number of anilines is 1. The van der Waals surface area contributed by atoms with Gasteiger partial charge in [0.1, 0.15) is 12.2 Å². The topological polar surface area (TPSA) is 69.7 Å². The fraction of sp³-hybridized carbons (Fsp3) is 0.667.